The second-order valence-electron chi connectivity index (χ2n) is 6.98. The van der Waals surface area contributed by atoms with Crippen LogP contribution < -0.4 is 0 Å². The van der Waals surface area contributed by atoms with Gasteiger partial charge in [-0.3, -0.25) is 4.79 Å². The molecule has 3 aliphatic heterocycles. The Hall–Kier alpha value is -0.540. The number of halogens is 2. The minimum absolute atomic E-state index is 0.0500. The Bertz CT molecular complexity index is 713. The molecule has 0 saturated carbocycles. The minimum atomic E-state index is -0.887. The first kappa shape index (κ1) is 18.8. The standard InChI is InChI=1S/C17H19Cl2NO5S/c1-17(2)24-14-13(22)10(23-16(14)25-17)6-20-11(21)7-26-15(20)12-8(18)4-3-5-9(12)19/h3-5,10,13-16,22H,6-7H2,1-2H3/t10-,13+,14-,15-,16-/m1/s1. The number of hydrogen-bond acceptors (Lipinski definition) is 6. The third kappa shape index (κ3) is 3.24. The number of carbonyl (C=O) groups is 1. The number of benzene rings is 1. The van der Waals surface area contributed by atoms with Crippen molar-refractivity contribution >= 4 is 40.9 Å². The highest BCUT2D eigenvalue weighted by atomic mass is 35.5. The lowest BCUT2D eigenvalue weighted by molar-refractivity contribution is -0.216. The molecule has 6 nitrogen and oxygen atoms in total. The summed E-state index contributed by atoms with van der Waals surface area (Å²) in [7, 11) is 0. The van der Waals surface area contributed by atoms with Gasteiger partial charge in [0.05, 0.1) is 12.3 Å². The van der Waals surface area contributed by atoms with E-state index in [9.17, 15) is 9.90 Å². The summed E-state index contributed by atoms with van der Waals surface area (Å²) in [4.78, 5) is 14.1. The van der Waals surface area contributed by atoms with Crippen LogP contribution in [0.3, 0.4) is 0 Å². The van der Waals surface area contributed by atoms with Crippen molar-refractivity contribution in [3.05, 3.63) is 33.8 Å². The molecule has 3 aliphatic rings. The van der Waals surface area contributed by atoms with E-state index in [0.29, 0.717) is 21.4 Å². The molecule has 3 heterocycles. The third-order valence-electron chi connectivity index (χ3n) is 4.71. The first-order valence-corrected chi connectivity index (χ1v) is 10.1. The van der Waals surface area contributed by atoms with Gasteiger partial charge in [0.2, 0.25) is 5.91 Å². The van der Waals surface area contributed by atoms with Crippen molar-refractivity contribution < 1.29 is 24.1 Å². The van der Waals surface area contributed by atoms with E-state index in [4.69, 9.17) is 37.4 Å². The molecule has 142 valence electrons. The fourth-order valence-electron chi connectivity index (χ4n) is 3.54. The van der Waals surface area contributed by atoms with Gasteiger partial charge in [-0.2, -0.15) is 0 Å². The number of nitrogens with zero attached hydrogens (tertiary/aromatic N) is 1. The van der Waals surface area contributed by atoms with Crippen molar-refractivity contribution in [2.45, 2.75) is 49.6 Å². The van der Waals surface area contributed by atoms with Crippen molar-refractivity contribution in [2.75, 3.05) is 12.3 Å². The Morgan fingerprint density at radius 2 is 2.00 bits per heavy atom. The average molecular weight is 420 g/mol. The molecule has 1 N–H and O–H groups in total. The second kappa shape index (κ2) is 6.81. The van der Waals surface area contributed by atoms with Crippen molar-refractivity contribution in [1.29, 1.82) is 0 Å². The summed E-state index contributed by atoms with van der Waals surface area (Å²) in [6, 6.07) is 5.26. The number of aliphatic hydroxyl groups is 1. The molecule has 0 spiro atoms. The highest BCUT2D eigenvalue weighted by Gasteiger charge is 2.55. The van der Waals surface area contributed by atoms with Crippen molar-refractivity contribution in [1.82, 2.24) is 4.90 Å². The number of hydrogen-bond donors (Lipinski definition) is 1. The zero-order chi connectivity index (χ0) is 18.6. The van der Waals surface area contributed by atoms with Crippen LogP contribution in [0.4, 0.5) is 0 Å². The lowest BCUT2D eigenvalue weighted by Gasteiger charge is -2.30. The predicted octanol–water partition coefficient (Wildman–Crippen LogP) is 2.80. The summed E-state index contributed by atoms with van der Waals surface area (Å²) < 4.78 is 17.2. The molecule has 5 atom stereocenters. The Morgan fingerprint density at radius 3 is 2.65 bits per heavy atom. The van der Waals surface area contributed by atoms with Crippen molar-refractivity contribution in [3.63, 3.8) is 0 Å². The largest absolute Gasteiger partial charge is 0.387 e. The van der Waals surface area contributed by atoms with E-state index in [0.717, 1.165) is 0 Å². The number of ether oxygens (including phenoxy) is 3. The number of carbonyl (C=O) groups excluding carboxylic acids is 1. The Labute approximate surface area is 165 Å². The summed E-state index contributed by atoms with van der Waals surface area (Å²) in [6.07, 6.45) is -2.70. The molecule has 3 saturated heterocycles. The van der Waals surface area contributed by atoms with E-state index in [1.165, 1.54) is 11.8 Å². The smallest absolute Gasteiger partial charge is 0.233 e. The van der Waals surface area contributed by atoms with Crippen LogP contribution >= 0.6 is 35.0 Å². The van der Waals surface area contributed by atoms with Crippen molar-refractivity contribution in [3.8, 4) is 0 Å². The van der Waals surface area contributed by atoms with Gasteiger partial charge < -0.3 is 24.2 Å². The predicted molar refractivity (Wildman–Crippen MR) is 98.1 cm³/mol. The van der Waals surface area contributed by atoms with Gasteiger partial charge in [0, 0.05) is 15.6 Å². The molecule has 9 heteroatoms. The zero-order valence-electron chi connectivity index (χ0n) is 14.2. The van der Waals surface area contributed by atoms with Gasteiger partial charge in [-0.1, -0.05) is 29.3 Å². The molecule has 0 unspecified atom stereocenters. The SMILES string of the molecule is CC1(C)O[C@H]2O[C@H](CN3C(=O)CS[C@@H]3c3c(Cl)cccc3Cl)[C@H](O)[C@H]2O1. The maximum absolute atomic E-state index is 12.4. The fraction of sp³-hybridized carbons (Fsp3) is 0.588. The molecule has 1 aromatic carbocycles. The maximum Gasteiger partial charge on any atom is 0.233 e. The minimum Gasteiger partial charge on any atom is -0.387 e. The van der Waals surface area contributed by atoms with E-state index in [1.807, 2.05) is 0 Å². The Balaban J connectivity index is 1.53. The highest BCUT2D eigenvalue weighted by molar-refractivity contribution is 8.00. The number of amides is 1. The second-order valence-corrected chi connectivity index (χ2v) is 8.86. The molecule has 3 fully saturated rings. The van der Waals surface area contributed by atoms with Gasteiger partial charge in [-0.15, -0.1) is 11.8 Å². The normalized spacial score (nSPS) is 36.0. The van der Waals surface area contributed by atoms with Crippen LogP contribution in [-0.4, -0.2) is 58.6 Å². The van der Waals surface area contributed by atoms with Gasteiger partial charge in [0.25, 0.3) is 0 Å². The molecule has 0 radical (unpaired) electrons. The lowest BCUT2D eigenvalue weighted by Crippen LogP contribution is -2.43. The van der Waals surface area contributed by atoms with Gasteiger partial charge in [0.1, 0.15) is 23.7 Å². The quantitative estimate of drug-likeness (QED) is 0.811. The van der Waals surface area contributed by atoms with Crippen LogP contribution in [0, 0.1) is 0 Å². The van der Waals surface area contributed by atoms with Crippen molar-refractivity contribution in [2.24, 2.45) is 0 Å². The van der Waals surface area contributed by atoms with Gasteiger partial charge in [-0.05, 0) is 26.0 Å². The van der Waals surface area contributed by atoms with Crippen LogP contribution in [-0.2, 0) is 19.0 Å². The van der Waals surface area contributed by atoms with Gasteiger partial charge >= 0.3 is 0 Å². The summed E-state index contributed by atoms with van der Waals surface area (Å²) in [5, 5.41) is 11.3. The molecular formula is C17H19Cl2NO5S. The van der Waals surface area contributed by atoms with E-state index < -0.39 is 30.4 Å². The van der Waals surface area contributed by atoms with E-state index in [-0.39, 0.29) is 17.8 Å². The molecule has 4 rings (SSSR count). The highest BCUT2D eigenvalue weighted by Crippen LogP contribution is 2.45. The Kier molecular flexibility index (Phi) is 4.93. The number of aliphatic hydroxyl groups excluding tert-OH is 1. The van der Waals surface area contributed by atoms with Crippen LogP contribution in [0.25, 0.3) is 0 Å². The maximum atomic E-state index is 12.4. The van der Waals surface area contributed by atoms with Crippen LogP contribution in [0.5, 0.6) is 0 Å². The number of thioether (sulfide) groups is 1. The first-order chi connectivity index (χ1) is 12.3. The number of fused-ring (bicyclic) bond motifs is 1. The van der Waals surface area contributed by atoms with Crippen LogP contribution in [0.1, 0.15) is 24.8 Å². The first-order valence-electron chi connectivity index (χ1n) is 8.31. The summed E-state index contributed by atoms with van der Waals surface area (Å²) >= 11 is 14.1. The Morgan fingerprint density at radius 1 is 1.31 bits per heavy atom. The zero-order valence-corrected chi connectivity index (χ0v) is 16.6. The van der Waals surface area contributed by atoms with E-state index >= 15 is 0 Å². The lowest BCUT2D eigenvalue weighted by atomic mass is 10.1. The van der Waals surface area contributed by atoms with E-state index in [1.54, 1.807) is 36.9 Å². The summed E-state index contributed by atoms with van der Waals surface area (Å²) in [5.41, 5.74) is 0.702. The molecule has 1 amide bonds. The van der Waals surface area contributed by atoms with Crippen LogP contribution in [0.15, 0.2) is 18.2 Å². The summed E-state index contributed by atoms with van der Waals surface area (Å²) in [6.45, 7) is 3.75. The molecule has 0 aromatic heterocycles. The van der Waals surface area contributed by atoms with Gasteiger partial charge in [0.15, 0.2) is 12.1 Å². The molecular weight excluding hydrogens is 401 g/mol. The summed E-state index contributed by atoms with van der Waals surface area (Å²) in [5.74, 6) is -0.526. The molecule has 1 aromatic rings. The number of rotatable bonds is 3. The fourth-order valence-corrected chi connectivity index (χ4v) is 5.54. The van der Waals surface area contributed by atoms with Crippen LogP contribution in [0.2, 0.25) is 10.0 Å². The molecule has 0 aliphatic carbocycles. The van der Waals surface area contributed by atoms with E-state index in [2.05, 4.69) is 0 Å². The molecule has 0 bridgehead atoms. The topological polar surface area (TPSA) is 68.2 Å². The van der Waals surface area contributed by atoms with Gasteiger partial charge in [-0.25, -0.2) is 0 Å². The average Bonchev–Trinajstić information content (AvgIpc) is 3.14. The monoisotopic (exact) mass is 419 g/mol. The molecule has 26 heavy (non-hydrogen) atoms. The third-order valence-corrected chi connectivity index (χ3v) is 6.58.